The van der Waals surface area contributed by atoms with Gasteiger partial charge in [-0.15, -0.1) is 12.4 Å². The molecule has 0 aromatic rings. The van der Waals surface area contributed by atoms with Crippen molar-refractivity contribution in [2.24, 2.45) is 0 Å². The zero-order valence-electron chi connectivity index (χ0n) is 9.09. The zero-order chi connectivity index (χ0) is 9.36. The molecule has 0 aromatic heterocycles. The van der Waals surface area contributed by atoms with Crippen LogP contribution in [-0.2, 0) is 4.79 Å². The second kappa shape index (κ2) is 9.51. The summed E-state index contributed by atoms with van der Waals surface area (Å²) < 4.78 is 0. The van der Waals surface area contributed by atoms with Crippen molar-refractivity contribution >= 4 is 18.2 Å². The standard InChI is InChI=1S/C12H22O.ClH/c13-12-10-8-6-4-2-1-3-5-7-9-11-12;/h1-11H2;1H. The fraction of sp³-hybridized carbons (Fsp3) is 0.917. The molecule has 0 amide bonds. The highest BCUT2D eigenvalue weighted by atomic mass is 35.5. The van der Waals surface area contributed by atoms with E-state index >= 15 is 0 Å². The van der Waals surface area contributed by atoms with E-state index in [-0.39, 0.29) is 12.4 Å². The summed E-state index contributed by atoms with van der Waals surface area (Å²) in [5.74, 6) is 0.501. The second-order valence-corrected chi connectivity index (χ2v) is 4.22. The molecule has 2 heteroatoms. The molecule has 0 heterocycles. The molecule has 1 nitrogen and oxygen atoms in total. The minimum absolute atomic E-state index is 0. The third kappa shape index (κ3) is 7.37. The molecular formula is C12H23ClO. The lowest BCUT2D eigenvalue weighted by atomic mass is 10.0. The quantitative estimate of drug-likeness (QED) is 0.593. The highest BCUT2D eigenvalue weighted by molar-refractivity contribution is 5.85. The molecule has 1 fully saturated rings. The molecule has 0 N–H and O–H groups in total. The number of ketones is 1. The molecule has 1 rings (SSSR count). The second-order valence-electron chi connectivity index (χ2n) is 4.22. The van der Waals surface area contributed by atoms with Gasteiger partial charge in [0.15, 0.2) is 0 Å². The molecule has 0 aliphatic heterocycles. The van der Waals surface area contributed by atoms with Crippen molar-refractivity contribution in [1.29, 1.82) is 0 Å². The van der Waals surface area contributed by atoms with E-state index in [0.717, 1.165) is 25.7 Å². The topological polar surface area (TPSA) is 17.1 Å². The van der Waals surface area contributed by atoms with Gasteiger partial charge in [-0.25, -0.2) is 0 Å². The Hall–Kier alpha value is -0.0400. The fourth-order valence-corrected chi connectivity index (χ4v) is 2.01. The maximum atomic E-state index is 11.3. The van der Waals surface area contributed by atoms with Crippen LogP contribution >= 0.6 is 12.4 Å². The molecule has 14 heavy (non-hydrogen) atoms. The molecule has 0 bridgehead atoms. The first-order valence-electron chi connectivity index (χ1n) is 5.91. The first kappa shape index (κ1) is 14.0. The number of halogens is 1. The maximum Gasteiger partial charge on any atom is 0.132 e. The van der Waals surface area contributed by atoms with Gasteiger partial charge < -0.3 is 0 Å². The Bertz CT molecular complexity index is 131. The van der Waals surface area contributed by atoms with Gasteiger partial charge in [-0.3, -0.25) is 4.79 Å². The number of hydrogen-bond acceptors (Lipinski definition) is 1. The van der Waals surface area contributed by atoms with Crippen LogP contribution in [0.3, 0.4) is 0 Å². The van der Waals surface area contributed by atoms with Crippen molar-refractivity contribution in [2.45, 2.75) is 70.6 Å². The van der Waals surface area contributed by atoms with E-state index in [9.17, 15) is 4.79 Å². The molecule has 0 unspecified atom stereocenters. The van der Waals surface area contributed by atoms with E-state index in [0.29, 0.717) is 5.78 Å². The maximum absolute atomic E-state index is 11.3. The number of hydrogen-bond donors (Lipinski definition) is 0. The first-order chi connectivity index (χ1) is 6.39. The molecule has 0 saturated heterocycles. The Kier molecular flexibility index (Phi) is 9.49. The van der Waals surface area contributed by atoms with Gasteiger partial charge in [0.25, 0.3) is 0 Å². The van der Waals surface area contributed by atoms with Gasteiger partial charge in [-0.1, -0.05) is 44.9 Å². The highest BCUT2D eigenvalue weighted by Gasteiger charge is 2.02. The Morgan fingerprint density at radius 1 is 0.571 bits per heavy atom. The normalized spacial score (nSPS) is 21.6. The summed E-state index contributed by atoms with van der Waals surface area (Å²) in [6.45, 7) is 0. The lowest BCUT2D eigenvalue weighted by Crippen LogP contribution is -1.98. The number of rotatable bonds is 0. The van der Waals surface area contributed by atoms with Crippen molar-refractivity contribution in [3.05, 3.63) is 0 Å². The molecular weight excluding hydrogens is 196 g/mol. The highest BCUT2D eigenvalue weighted by Crippen LogP contribution is 2.14. The van der Waals surface area contributed by atoms with E-state index in [1.165, 1.54) is 44.9 Å². The first-order valence-corrected chi connectivity index (χ1v) is 5.91. The van der Waals surface area contributed by atoms with E-state index in [1.54, 1.807) is 0 Å². The monoisotopic (exact) mass is 218 g/mol. The summed E-state index contributed by atoms with van der Waals surface area (Å²) in [5.41, 5.74) is 0. The van der Waals surface area contributed by atoms with Gasteiger partial charge in [-0.2, -0.15) is 0 Å². The van der Waals surface area contributed by atoms with E-state index in [1.807, 2.05) is 0 Å². The van der Waals surface area contributed by atoms with E-state index in [4.69, 9.17) is 0 Å². The molecule has 0 spiro atoms. The van der Waals surface area contributed by atoms with Crippen LogP contribution in [0.25, 0.3) is 0 Å². The van der Waals surface area contributed by atoms with Crippen LogP contribution in [0.5, 0.6) is 0 Å². The lowest BCUT2D eigenvalue weighted by Gasteiger charge is -2.05. The Labute approximate surface area is 94.1 Å². The number of carbonyl (C=O) groups excluding carboxylic acids is 1. The predicted molar refractivity (Wildman–Crippen MR) is 63.0 cm³/mol. The predicted octanol–water partition coefficient (Wildman–Crippen LogP) is 4.28. The molecule has 84 valence electrons. The molecule has 0 radical (unpaired) electrons. The van der Waals surface area contributed by atoms with Crippen LogP contribution in [0.2, 0.25) is 0 Å². The summed E-state index contributed by atoms with van der Waals surface area (Å²) >= 11 is 0. The van der Waals surface area contributed by atoms with Gasteiger partial charge in [-0.05, 0) is 12.8 Å². The molecule has 1 aliphatic rings. The van der Waals surface area contributed by atoms with Crippen LogP contribution < -0.4 is 0 Å². The van der Waals surface area contributed by atoms with Gasteiger partial charge in [0.05, 0.1) is 0 Å². The summed E-state index contributed by atoms with van der Waals surface area (Å²) in [4.78, 5) is 11.3. The average molecular weight is 219 g/mol. The minimum atomic E-state index is 0. The van der Waals surface area contributed by atoms with Crippen molar-refractivity contribution in [2.75, 3.05) is 0 Å². The third-order valence-corrected chi connectivity index (χ3v) is 2.91. The minimum Gasteiger partial charge on any atom is -0.300 e. The summed E-state index contributed by atoms with van der Waals surface area (Å²) in [5, 5.41) is 0. The number of Topliss-reactive ketones (excluding diaryl/α,β-unsaturated/α-hetero) is 1. The van der Waals surface area contributed by atoms with Gasteiger partial charge >= 0.3 is 0 Å². The Morgan fingerprint density at radius 2 is 0.857 bits per heavy atom. The van der Waals surface area contributed by atoms with Crippen LogP contribution in [0.1, 0.15) is 70.6 Å². The van der Waals surface area contributed by atoms with Gasteiger partial charge in [0, 0.05) is 12.8 Å². The van der Waals surface area contributed by atoms with E-state index in [2.05, 4.69) is 0 Å². The van der Waals surface area contributed by atoms with Crippen LogP contribution in [0, 0.1) is 0 Å². The molecule has 1 aliphatic carbocycles. The Morgan fingerprint density at radius 3 is 1.21 bits per heavy atom. The smallest absolute Gasteiger partial charge is 0.132 e. The molecule has 0 aromatic carbocycles. The average Bonchev–Trinajstić information content (AvgIpc) is 2.11. The van der Waals surface area contributed by atoms with Crippen LogP contribution in [0.15, 0.2) is 0 Å². The zero-order valence-corrected chi connectivity index (χ0v) is 9.91. The van der Waals surface area contributed by atoms with Crippen LogP contribution in [0.4, 0.5) is 0 Å². The van der Waals surface area contributed by atoms with Crippen molar-refractivity contribution in [3.8, 4) is 0 Å². The fourth-order valence-electron chi connectivity index (χ4n) is 2.01. The Balaban J connectivity index is 0.00000169. The van der Waals surface area contributed by atoms with Gasteiger partial charge in [0.2, 0.25) is 0 Å². The molecule has 0 atom stereocenters. The van der Waals surface area contributed by atoms with Crippen molar-refractivity contribution in [3.63, 3.8) is 0 Å². The largest absolute Gasteiger partial charge is 0.300 e. The lowest BCUT2D eigenvalue weighted by molar-refractivity contribution is -0.119. The summed E-state index contributed by atoms with van der Waals surface area (Å²) in [6.07, 6.45) is 13.4. The van der Waals surface area contributed by atoms with E-state index < -0.39 is 0 Å². The number of carbonyl (C=O) groups is 1. The summed E-state index contributed by atoms with van der Waals surface area (Å²) in [7, 11) is 0. The van der Waals surface area contributed by atoms with Crippen molar-refractivity contribution < 1.29 is 4.79 Å². The molecule has 1 saturated carbocycles. The summed E-state index contributed by atoms with van der Waals surface area (Å²) in [6, 6.07) is 0. The SMILES string of the molecule is Cl.O=C1CCCCCCCCCCC1. The van der Waals surface area contributed by atoms with Gasteiger partial charge in [0.1, 0.15) is 5.78 Å². The van der Waals surface area contributed by atoms with Crippen molar-refractivity contribution in [1.82, 2.24) is 0 Å². The van der Waals surface area contributed by atoms with Crippen LogP contribution in [-0.4, -0.2) is 5.78 Å². The third-order valence-electron chi connectivity index (χ3n) is 2.91.